The third-order valence-electron chi connectivity index (χ3n) is 1.77. The van der Waals surface area contributed by atoms with E-state index in [9.17, 15) is 4.79 Å². The van der Waals surface area contributed by atoms with E-state index in [1.165, 1.54) is 11.3 Å². The van der Waals surface area contributed by atoms with Crippen LogP contribution in [0.2, 0.25) is 0 Å². The van der Waals surface area contributed by atoms with Gasteiger partial charge in [-0.05, 0) is 5.92 Å². The lowest BCUT2D eigenvalue weighted by molar-refractivity contribution is -0.119. The zero-order valence-electron chi connectivity index (χ0n) is 8.46. The van der Waals surface area contributed by atoms with Gasteiger partial charge in [-0.3, -0.25) is 4.79 Å². The predicted octanol–water partition coefficient (Wildman–Crippen LogP) is 2.69. The fourth-order valence-corrected chi connectivity index (χ4v) is 1.96. The summed E-state index contributed by atoms with van der Waals surface area (Å²) in [5.41, 5.74) is 1.04. The smallest absolute Gasteiger partial charge is 0.253 e. The second kappa shape index (κ2) is 5.68. The SMILES string of the molecule is CC(C)c1csc(CNC(=O)C(Cl)Cl)n1. The Morgan fingerprint density at radius 2 is 2.27 bits per heavy atom. The van der Waals surface area contributed by atoms with Crippen LogP contribution in [0.4, 0.5) is 0 Å². The maximum absolute atomic E-state index is 11.1. The molecular formula is C9H12Cl2N2OS. The molecule has 15 heavy (non-hydrogen) atoms. The van der Waals surface area contributed by atoms with Crippen molar-refractivity contribution in [1.29, 1.82) is 0 Å². The van der Waals surface area contributed by atoms with Crippen LogP contribution in [0.15, 0.2) is 5.38 Å². The molecule has 3 nitrogen and oxygen atoms in total. The van der Waals surface area contributed by atoms with Crippen molar-refractivity contribution < 1.29 is 4.79 Å². The number of nitrogens with zero attached hydrogens (tertiary/aromatic N) is 1. The molecule has 0 radical (unpaired) electrons. The molecule has 1 N–H and O–H groups in total. The summed E-state index contributed by atoms with van der Waals surface area (Å²) in [6.45, 7) is 4.53. The fourth-order valence-electron chi connectivity index (χ4n) is 0.911. The lowest BCUT2D eigenvalue weighted by Crippen LogP contribution is -2.27. The van der Waals surface area contributed by atoms with Crippen molar-refractivity contribution in [3.8, 4) is 0 Å². The molecule has 0 unspecified atom stereocenters. The first kappa shape index (κ1) is 12.7. The van der Waals surface area contributed by atoms with E-state index in [1.54, 1.807) is 0 Å². The van der Waals surface area contributed by atoms with E-state index in [1.807, 2.05) is 5.38 Å². The number of hydrogen-bond donors (Lipinski definition) is 1. The first-order valence-corrected chi connectivity index (χ1v) is 6.26. The van der Waals surface area contributed by atoms with Gasteiger partial charge in [0.1, 0.15) is 5.01 Å². The van der Waals surface area contributed by atoms with Crippen molar-refractivity contribution in [1.82, 2.24) is 10.3 Å². The number of aromatic nitrogens is 1. The second-order valence-corrected chi connectivity index (χ2v) is 5.38. The Kier molecular flexibility index (Phi) is 4.83. The highest BCUT2D eigenvalue weighted by Crippen LogP contribution is 2.17. The number of hydrogen-bond acceptors (Lipinski definition) is 3. The van der Waals surface area contributed by atoms with Crippen LogP contribution < -0.4 is 5.32 Å². The molecule has 0 aliphatic heterocycles. The van der Waals surface area contributed by atoms with Crippen molar-refractivity contribution >= 4 is 40.4 Å². The molecule has 1 aromatic rings. The number of alkyl halides is 2. The number of amides is 1. The average molecular weight is 267 g/mol. The minimum atomic E-state index is -1.02. The lowest BCUT2D eigenvalue weighted by atomic mass is 10.2. The van der Waals surface area contributed by atoms with E-state index in [0.29, 0.717) is 12.5 Å². The zero-order valence-corrected chi connectivity index (χ0v) is 10.8. The van der Waals surface area contributed by atoms with Gasteiger partial charge in [0.05, 0.1) is 12.2 Å². The molecule has 0 fully saturated rings. The van der Waals surface area contributed by atoms with Crippen LogP contribution in [-0.2, 0) is 11.3 Å². The summed E-state index contributed by atoms with van der Waals surface area (Å²) in [5.74, 6) is 0.0131. The maximum atomic E-state index is 11.1. The number of thiazole rings is 1. The fraction of sp³-hybridized carbons (Fsp3) is 0.556. The highest BCUT2D eigenvalue weighted by atomic mass is 35.5. The molecule has 6 heteroatoms. The summed E-state index contributed by atoms with van der Waals surface area (Å²) in [4.78, 5) is 14.4. The minimum Gasteiger partial charge on any atom is -0.347 e. The summed E-state index contributed by atoms with van der Waals surface area (Å²) in [6.07, 6.45) is 0. The van der Waals surface area contributed by atoms with Gasteiger partial charge in [-0.25, -0.2) is 4.98 Å². The summed E-state index contributed by atoms with van der Waals surface area (Å²) in [5, 5.41) is 5.45. The lowest BCUT2D eigenvalue weighted by Gasteiger charge is -2.02. The molecule has 84 valence electrons. The Hall–Kier alpha value is -0.320. The Morgan fingerprint density at radius 3 is 2.73 bits per heavy atom. The standard InChI is InChI=1S/C9H12Cl2N2OS/c1-5(2)6-4-15-7(13-6)3-12-9(14)8(10)11/h4-5,8H,3H2,1-2H3,(H,12,14). The first-order chi connectivity index (χ1) is 7.00. The van der Waals surface area contributed by atoms with Gasteiger partial charge in [0.15, 0.2) is 4.84 Å². The molecular weight excluding hydrogens is 255 g/mol. The first-order valence-electron chi connectivity index (χ1n) is 4.51. The average Bonchev–Trinajstić information content (AvgIpc) is 2.62. The number of carbonyl (C=O) groups is 1. The van der Waals surface area contributed by atoms with Gasteiger partial charge in [0.25, 0.3) is 5.91 Å². The van der Waals surface area contributed by atoms with Crippen molar-refractivity contribution in [3.05, 3.63) is 16.1 Å². The van der Waals surface area contributed by atoms with Crippen LogP contribution in [-0.4, -0.2) is 15.7 Å². The van der Waals surface area contributed by atoms with Gasteiger partial charge >= 0.3 is 0 Å². The van der Waals surface area contributed by atoms with Gasteiger partial charge in [-0.15, -0.1) is 11.3 Å². The molecule has 0 aliphatic rings. The van der Waals surface area contributed by atoms with E-state index in [2.05, 4.69) is 24.1 Å². The Morgan fingerprint density at radius 1 is 1.60 bits per heavy atom. The molecule has 0 aromatic carbocycles. The summed E-state index contributed by atoms with van der Waals surface area (Å²) in [7, 11) is 0. The van der Waals surface area contributed by atoms with Crippen molar-refractivity contribution in [2.24, 2.45) is 0 Å². The van der Waals surface area contributed by atoms with Gasteiger partial charge < -0.3 is 5.32 Å². The molecule has 0 spiro atoms. The number of rotatable bonds is 4. The van der Waals surface area contributed by atoms with E-state index < -0.39 is 4.84 Å². The van der Waals surface area contributed by atoms with Gasteiger partial charge in [0.2, 0.25) is 0 Å². The second-order valence-electron chi connectivity index (χ2n) is 3.34. The third kappa shape index (κ3) is 3.97. The van der Waals surface area contributed by atoms with Gasteiger partial charge in [0, 0.05) is 5.38 Å². The molecule has 0 atom stereocenters. The van der Waals surface area contributed by atoms with Gasteiger partial charge in [-0.2, -0.15) is 0 Å². The quantitative estimate of drug-likeness (QED) is 0.852. The van der Waals surface area contributed by atoms with Crippen molar-refractivity contribution in [3.63, 3.8) is 0 Å². The Labute approximate surface area is 103 Å². The molecule has 0 aliphatic carbocycles. The molecule has 0 saturated heterocycles. The largest absolute Gasteiger partial charge is 0.347 e. The molecule has 1 heterocycles. The minimum absolute atomic E-state index is 0.381. The molecule has 0 saturated carbocycles. The van der Waals surface area contributed by atoms with Crippen LogP contribution in [0.3, 0.4) is 0 Å². The normalized spacial score (nSPS) is 11.1. The predicted molar refractivity (Wildman–Crippen MR) is 63.5 cm³/mol. The Bertz CT molecular complexity index is 339. The molecule has 1 rings (SSSR count). The van der Waals surface area contributed by atoms with Crippen LogP contribution in [0, 0.1) is 0 Å². The van der Waals surface area contributed by atoms with E-state index in [4.69, 9.17) is 23.2 Å². The third-order valence-corrected chi connectivity index (χ3v) is 3.04. The molecule has 0 bridgehead atoms. The van der Waals surface area contributed by atoms with Crippen molar-refractivity contribution in [2.75, 3.05) is 0 Å². The summed E-state index contributed by atoms with van der Waals surface area (Å²) in [6, 6.07) is 0. The van der Waals surface area contributed by atoms with Crippen LogP contribution in [0.5, 0.6) is 0 Å². The summed E-state index contributed by atoms with van der Waals surface area (Å²) >= 11 is 12.3. The Balaban J connectivity index is 2.48. The van der Waals surface area contributed by atoms with Gasteiger partial charge in [-0.1, -0.05) is 37.0 Å². The maximum Gasteiger partial charge on any atom is 0.253 e. The highest BCUT2D eigenvalue weighted by molar-refractivity contribution is 7.09. The summed E-state index contributed by atoms with van der Waals surface area (Å²) < 4.78 is 0. The van der Waals surface area contributed by atoms with Crippen LogP contribution in [0.1, 0.15) is 30.5 Å². The molecule has 1 aromatic heterocycles. The monoisotopic (exact) mass is 266 g/mol. The number of nitrogens with one attached hydrogen (secondary N) is 1. The molecule has 1 amide bonds. The van der Waals surface area contributed by atoms with Crippen LogP contribution >= 0.6 is 34.5 Å². The van der Waals surface area contributed by atoms with E-state index in [0.717, 1.165) is 10.7 Å². The van der Waals surface area contributed by atoms with E-state index >= 15 is 0 Å². The zero-order chi connectivity index (χ0) is 11.4. The topological polar surface area (TPSA) is 42.0 Å². The van der Waals surface area contributed by atoms with E-state index in [-0.39, 0.29) is 5.91 Å². The number of carbonyl (C=O) groups excluding carboxylic acids is 1. The van der Waals surface area contributed by atoms with Crippen molar-refractivity contribution in [2.45, 2.75) is 31.1 Å². The number of halogens is 2. The highest BCUT2D eigenvalue weighted by Gasteiger charge is 2.12. The van der Waals surface area contributed by atoms with Crippen LogP contribution in [0.25, 0.3) is 0 Å².